The Labute approximate surface area is 103 Å². The van der Waals surface area contributed by atoms with Gasteiger partial charge in [0.05, 0.1) is 12.5 Å². The van der Waals surface area contributed by atoms with E-state index in [1.54, 1.807) is 12.1 Å². The number of amides is 1. The molecule has 1 amide bonds. The number of rotatable bonds is 4. The second kappa shape index (κ2) is 5.54. The Morgan fingerprint density at radius 1 is 1.39 bits per heavy atom. The third-order valence-corrected chi connectivity index (χ3v) is 2.30. The molecule has 0 aliphatic rings. The smallest absolute Gasteiger partial charge is 0.299 e. The number of anilines is 1. The fraction of sp³-hybridized carbons (Fsp3) is 0.182. The molecule has 1 aromatic heterocycles. The molecule has 0 unspecified atom stereocenters. The number of nitrogens with zero attached hydrogens (tertiary/aromatic N) is 5. The largest absolute Gasteiger partial charge is 0.304 e. The Morgan fingerprint density at radius 3 is 2.78 bits per heavy atom. The third-order valence-electron chi connectivity index (χ3n) is 2.30. The quantitative estimate of drug-likeness (QED) is 0.853. The summed E-state index contributed by atoms with van der Waals surface area (Å²) in [5, 5.41) is 21.5. The van der Waals surface area contributed by atoms with E-state index >= 15 is 0 Å². The summed E-state index contributed by atoms with van der Waals surface area (Å²) < 4.78 is 0. The van der Waals surface area contributed by atoms with E-state index in [1.807, 2.05) is 24.3 Å². The average Bonchev–Trinajstić information content (AvgIpc) is 2.94. The summed E-state index contributed by atoms with van der Waals surface area (Å²) in [5.74, 6) is -0.401. The second-order valence-corrected chi connectivity index (χ2v) is 3.44. The highest BCUT2D eigenvalue weighted by Gasteiger charge is 2.20. The molecule has 1 aromatic carbocycles. The molecule has 0 fully saturated rings. The monoisotopic (exact) mass is 242 g/mol. The third kappa shape index (κ3) is 2.49. The van der Waals surface area contributed by atoms with Gasteiger partial charge in [-0.3, -0.25) is 4.79 Å². The van der Waals surface area contributed by atoms with Gasteiger partial charge in [0.2, 0.25) is 0 Å². The first-order valence-corrected chi connectivity index (χ1v) is 5.30. The second-order valence-electron chi connectivity index (χ2n) is 3.44. The first kappa shape index (κ1) is 11.7. The Bertz CT molecular complexity index is 545. The summed E-state index contributed by atoms with van der Waals surface area (Å²) >= 11 is 0. The van der Waals surface area contributed by atoms with E-state index < -0.39 is 0 Å². The number of benzene rings is 1. The highest BCUT2D eigenvalue weighted by atomic mass is 16.2. The van der Waals surface area contributed by atoms with Gasteiger partial charge in [-0.15, -0.1) is 10.2 Å². The summed E-state index contributed by atoms with van der Waals surface area (Å²) in [6.45, 7) is 0.286. The van der Waals surface area contributed by atoms with Crippen LogP contribution >= 0.6 is 0 Å². The zero-order valence-electron chi connectivity index (χ0n) is 9.45. The number of hydrogen-bond acceptors (Lipinski definition) is 5. The van der Waals surface area contributed by atoms with Crippen LogP contribution in [0.5, 0.6) is 0 Å². The molecule has 0 aliphatic heterocycles. The van der Waals surface area contributed by atoms with Crippen LogP contribution < -0.4 is 4.90 Å². The van der Waals surface area contributed by atoms with Crippen molar-refractivity contribution in [3.05, 3.63) is 36.2 Å². The van der Waals surface area contributed by atoms with E-state index in [0.29, 0.717) is 5.69 Å². The van der Waals surface area contributed by atoms with Crippen LogP contribution in [0.25, 0.3) is 0 Å². The van der Waals surface area contributed by atoms with E-state index in [-0.39, 0.29) is 24.7 Å². The minimum absolute atomic E-state index is 0.0169. The molecule has 0 bridgehead atoms. The van der Waals surface area contributed by atoms with Crippen LogP contribution in [0.2, 0.25) is 0 Å². The van der Waals surface area contributed by atoms with E-state index in [4.69, 9.17) is 5.26 Å². The maximum Gasteiger partial charge on any atom is 0.299 e. The van der Waals surface area contributed by atoms with Crippen molar-refractivity contribution in [3.63, 3.8) is 0 Å². The van der Waals surface area contributed by atoms with Crippen LogP contribution in [0, 0.1) is 11.3 Å². The molecule has 1 heterocycles. The molecule has 1 N–H and O–H groups in total. The van der Waals surface area contributed by atoms with Crippen LogP contribution in [0.4, 0.5) is 5.69 Å². The number of nitrogens with one attached hydrogen (secondary N) is 1. The van der Waals surface area contributed by atoms with Gasteiger partial charge in [0.25, 0.3) is 11.7 Å². The number of nitriles is 1. The normalized spacial score (nSPS) is 9.72. The van der Waals surface area contributed by atoms with Gasteiger partial charge in [0.1, 0.15) is 0 Å². The molecule has 0 atom stereocenters. The Balaban J connectivity index is 2.26. The molecular formula is C11H10N6O. The van der Waals surface area contributed by atoms with Gasteiger partial charge < -0.3 is 4.90 Å². The van der Waals surface area contributed by atoms with E-state index in [9.17, 15) is 4.79 Å². The van der Waals surface area contributed by atoms with Crippen LogP contribution in [0.1, 0.15) is 17.0 Å². The fourth-order valence-corrected chi connectivity index (χ4v) is 1.49. The Hall–Kier alpha value is -2.75. The topological polar surface area (TPSA) is 98.6 Å². The number of hydrogen-bond donors (Lipinski definition) is 1. The van der Waals surface area contributed by atoms with Crippen molar-refractivity contribution >= 4 is 11.6 Å². The number of carbonyl (C=O) groups is 1. The van der Waals surface area contributed by atoms with Crippen LogP contribution in [0.3, 0.4) is 0 Å². The Morgan fingerprint density at radius 2 is 2.17 bits per heavy atom. The van der Waals surface area contributed by atoms with Gasteiger partial charge in [-0.2, -0.15) is 10.5 Å². The van der Waals surface area contributed by atoms with Crippen molar-refractivity contribution in [2.24, 2.45) is 0 Å². The number of aromatic nitrogens is 4. The van der Waals surface area contributed by atoms with E-state index in [0.717, 1.165) is 0 Å². The van der Waals surface area contributed by atoms with Gasteiger partial charge in [0, 0.05) is 12.2 Å². The molecule has 0 saturated heterocycles. The lowest BCUT2D eigenvalue weighted by Crippen LogP contribution is -2.32. The zero-order valence-corrected chi connectivity index (χ0v) is 9.45. The van der Waals surface area contributed by atoms with Crippen molar-refractivity contribution in [1.29, 1.82) is 5.26 Å². The summed E-state index contributed by atoms with van der Waals surface area (Å²) in [7, 11) is 0. The first-order valence-electron chi connectivity index (χ1n) is 5.30. The number of tetrazole rings is 1. The number of H-pyrrole nitrogens is 1. The lowest BCUT2D eigenvalue weighted by atomic mass is 10.2. The van der Waals surface area contributed by atoms with Crippen LogP contribution in [-0.4, -0.2) is 33.1 Å². The molecule has 90 valence electrons. The Kier molecular flexibility index (Phi) is 3.61. The predicted molar refractivity (Wildman–Crippen MR) is 62.5 cm³/mol. The van der Waals surface area contributed by atoms with E-state index in [2.05, 4.69) is 20.6 Å². The standard InChI is InChI=1S/C11H10N6O/c12-7-4-8-17(9-5-2-1-3-6-9)11(18)10-13-15-16-14-10/h1-3,5-6H,4,8H2,(H,13,14,15,16). The van der Waals surface area contributed by atoms with Gasteiger partial charge in [-0.1, -0.05) is 18.2 Å². The lowest BCUT2D eigenvalue weighted by molar-refractivity contribution is 0.0977. The van der Waals surface area contributed by atoms with Gasteiger partial charge >= 0.3 is 0 Å². The molecular weight excluding hydrogens is 232 g/mol. The lowest BCUT2D eigenvalue weighted by Gasteiger charge is -2.19. The molecule has 7 heteroatoms. The van der Waals surface area contributed by atoms with Gasteiger partial charge in [-0.25, -0.2) is 0 Å². The average molecular weight is 242 g/mol. The first-order chi connectivity index (χ1) is 8.83. The zero-order chi connectivity index (χ0) is 12.8. The van der Waals surface area contributed by atoms with Crippen molar-refractivity contribution < 1.29 is 4.79 Å². The van der Waals surface area contributed by atoms with Gasteiger partial charge in [-0.05, 0) is 17.3 Å². The fourth-order valence-electron chi connectivity index (χ4n) is 1.49. The van der Waals surface area contributed by atoms with E-state index in [1.165, 1.54) is 4.90 Å². The minimum atomic E-state index is -0.384. The highest BCUT2D eigenvalue weighted by molar-refractivity contribution is 6.03. The summed E-state index contributed by atoms with van der Waals surface area (Å²) in [4.78, 5) is 13.6. The predicted octanol–water partition coefficient (Wildman–Crippen LogP) is 0.760. The number of para-hydroxylation sites is 1. The highest BCUT2D eigenvalue weighted by Crippen LogP contribution is 2.15. The summed E-state index contributed by atoms with van der Waals surface area (Å²) in [6, 6.07) is 11.1. The molecule has 0 saturated carbocycles. The van der Waals surface area contributed by atoms with Gasteiger partial charge in [0.15, 0.2) is 0 Å². The van der Waals surface area contributed by atoms with Crippen LogP contribution in [0.15, 0.2) is 30.3 Å². The van der Waals surface area contributed by atoms with Crippen molar-refractivity contribution in [2.75, 3.05) is 11.4 Å². The summed E-state index contributed by atoms with van der Waals surface area (Å²) in [6.07, 6.45) is 0.235. The minimum Gasteiger partial charge on any atom is -0.304 e. The number of carbonyl (C=O) groups excluding carboxylic acids is 1. The molecule has 7 nitrogen and oxygen atoms in total. The molecule has 0 spiro atoms. The summed E-state index contributed by atoms with van der Waals surface area (Å²) in [5.41, 5.74) is 0.697. The molecule has 2 aromatic rings. The maximum atomic E-state index is 12.1. The van der Waals surface area contributed by atoms with Crippen LogP contribution in [-0.2, 0) is 0 Å². The van der Waals surface area contributed by atoms with Crippen molar-refractivity contribution in [3.8, 4) is 6.07 Å². The molecule has 2 rings (SSSR count). The molecule has 0 radical (unpaired) electrons. The van der Waals surface area contributed by atoms with Crippen molar-refractivity contribution in [2.45, 2.75) is 6.42 Å². The molecule has 0 aliphatic carbocycles. The molecule has 18 heavy (non-hydrogen) atoms. The van der Waals surface area contributed by atoms with Crippen molar-refractivity contribution in [1.82, 2.24) is 20.6 Å². The number of aromatic amines is 1. The maximum absolute atomic E-state index is 12.1. The SMILES string of the molecule is N#CCCN(C(=O)c1nn[nH]n1)c1ccccc1.